The second-order valence-corrected chi connectivity index (χ2v) is 5.89. The van der Waals surface area contributed by atoms with E-state index in [4.69, 9.17) is 4.74 Å². The molecule has 6 heteroatoms. The number of nitriles is 1. The molecule has 1 aliphatic rings. The van der Waals surface area contributed by atoms with E-state index < -0.39 is 11.9 Å². The highest BCUT2D eigenvalue weighted by Gasteiger charge is 2.18. The molecule has 1 fully saturated rings. The standard InChI is InChI=1S/C19H23N3O3/c1-2-3-12-25-19(24)16-8-4-5-9-17(16)21-18(23)15(13-20)14-22-10-6-7-11-22/h4-5,8-9,14H,2-3,6-7,10-12H2,1H3,(H,21,23)/b15-14-. The smallest absolute Gasteiger partial charge is 0.340 e. The van der Waals surface area contributed by atoms with Crippen molar-refractivity contribution in [2.24, 2.45) is 0 Å². The average Bonchev–Trinajstić information content (AvgIpc) is 3.13. The summed E-state index contributed by atoms with van der Waals surface area (Å²) in [5, 5.41) is 11.9. The fraction of sp³-hybridized carbons (Fsp3) is 0.421. The predicted octanol–water partition coefficient (Wildman–Crippen LogP) is 3.09. The lowest BCUT2D eigenvalue weighted by molar-refractivity contribution is -0.112. The molecule has 1 saturated heterocycles. The Balaban J connectivity index is 2.09. The van der Waals surface area contributed by atoms with E-state index >= 15 is 0 Å². The monoisotopic (exact) mass is 341 g/mol. The first kappa shape index (κ1) is 18.5. The summed E-state index contributed by atoms with van der Waals surface area (Å²) in [6.45, 7) is 4.05. The van der Waals surface area contributed by atoms with E-state index in [2.05, 4.69) is 5.32 Å². The minimum Gasteiger partial charge on any atom is -0.462 e. The topological polar surface area (TPSA) is 82.4 Å². The number of anilines is 1. The van der Waals surface area contributed by atoms with Gasteiger partial charge in [-0.2, -0.15) is 5.26 Å². The highest BCUT2D eigenvalue weighted by atomic mass is 16.5. The molecule has 0 radical (unpaired) electrons. The molecule has 1 aliphatic heterocycles. The first-order chi connectivity index (χ1) is 12.2. The van der Waals surface area contributed by atoms with Gasteiger partial charge in [0.05, 0.1) is 17.9 Å². The number of esters is 1. The predicted molar refractivity (Wildman–Crippen MR) is 94.8 cm³/mol. The quantitative estimate of drug-likeness (QED) is 0.357. The van der Waals surface area contributed by atoms with Gasteiger partial charge in [0.15, 0.2) is 0 Å². The summed E-state index contributed by atoms with van der Waals surface area (Å²) in [7, 11) is 0. The highest BCUT2D eigenvalue weighted by Crippen LogP contribution is 2.18. The van der Waals surface area contributed by atoms with E-state index in [1.54, 1.807) is 30.5 Å². The van der Waals surface area contributed by atoms with Crippen molar-refractivity contribution in [2.75, 3.05) is 25.0 Å². The Morgan fingerprint density at radius 3 is 2.72 bits per heavy atom. The van der Waals surface area contributed by atoms with Crippen molar-refractivity contribution < 1.29 is 14.3 Å². The van der Waals surface area contributed by atoms with Gasteiger partial charge in [0.1, 0.15) is 11.6 Å². The zero-order valence-electron chi connectivity index (χ0n) is 14.5. The maximum atomic E-state index is 12.4. The number of likely N-dealkylation sites (tertiary alicyclic amines) is 1. The fourth-order valence-corrected chi connectivity index (χ4v) is 2.54. The van der Waals surface area contributed by atoms with Gasteiger partial charge in [0.25, 0.3) is 5.91 Å². The Bertz CT molecular complexity index is 685. The zero-order chi connectivity index (χ0) is 18.1. The van der Waals surface area contributed by atoms with Gasteiger partial charge in [0.2, 0.25) is 0 Å². The van der Waals surface area contributed by atoms with Crippen LogP contribution in [-0.4, -0.2) is 36.5 Å². The summed E-state index contributed by atoms with van der Waals surface area (Å²) in [6, 6.07) is 8.57. The van der Waals surface area contributed by atoms with Crippen LogP contribution < -0.4 is 5.32 Å². The lowest BCUT2D eigenvalue weighted by Crippen LogP contribution is -2.20. The molecule has 0 unspecified atom stereocenters. The van der Waals surface area contributed by atoms with Crippen molar-refractivity contribution in [1.82, 2.24) is 4.90 Å². The number of nitrogens with one attached hydrogen (secondary N) is 1. The third-order valence-electron chi connectivity index (χ3n) is 3.94. The molecule has 1 aromatic carbocycles. The lowest BCUT2D eigenvalue weighted by Gasteiger charge is -2.13. The van der Waals surface area contributed by atoms with Gasteiger partial charge in [-0.15, -0.1) is 0 Å². The third kappa shape index (κ3) is 5.35. The number of para-hydroxylation sites is 1. The summed E-state index contributed by atoms with van der Waals surface area (Å²) in [5.74, 6) is -1.01. The summed E-state index contributed by atoms with van der Waals surface area (Å²) < 4.78 is 5.21. The Kier molecular flexibility index (Phi) is 7.02. The molecule has 25 heavy (non-hydrogen) atoms. The molecule has 6 nitrogen and oxygen atoms in total. The van der Waals surface area contributed by atoms with E-state index in [-0.39, 0.29) is 11.1 Å². The van der Waals surface area contributed by atoms with Crippen LogP contribution in [0.4, 0.5) is 5.69 Å². The number of unbranched alkanes of at least 4 members (excludes halogenated alkanes) is 1. The molecular formula is C19H23N3O3. The van der Waals surface area contributed by atoms with Crippen molar-refractivity contribution in [3.8, 4) is 6.07 Å². The van der Waals surface area contributed by atoms with E-state index in [1.165, 1.54) is 0 Å². The number of amides is 1. The molecular weight excluding hydrogens is 318 g/mol. The number of carbonyl (C=O) groups excluding carboxylic acids is 2. The maximum Gasteiger partial charge on any atom is 0.340 e. The van der Waals surface area contributed by atoms with Crippen LogP contribution in [-0.2, 0) is 9.53 Å². The van der Waals surface area contributed by atoms with Crippen LogP contribution in [0.15, 0.2) is 36.0 Å². The van der Waals surface area contributed by atoms with Crippen molar-refractivity contribution >= 4 is 17.6 Å². The Labute approximate surface area is 148 Å². The van der Waals surface area contributed by atoms with Gasteiger partial charge in [-0.1, -0.05) is 25.5 Å². The lowest BCUT2D eigenvalue weighted by atomic mass is 10.1. The number of hydrogen-bond donors (Lipinski definition) is 1. The normalized spacial score (nSPS) is 14.1. The summed E-state index contributed by atoms with van der Waals surface area (Å²) in [6.07, 6.45) is 5.42. The van der Waals surface area contributed by atoms with Gasteiger partial charge in [-0.25, -0.2) is 4.79 Å². The molecule has 1 amide bonds. The number of ether oxygens (including phenoxy) is 1. The van der Waals surface area contributed by atoms with Gasteiger partial charge >= 0.3 is 5.97 Å². The molecule has 0 atom stereocenters. The number of benzene rings is 1. The van der Waals surface area contributed by atoms with E-state index in [0.29, 0.717) is 12.3 Å². The van der Waals surface area contributed by atoms with E-state index in [9.17, 15) is 14.9 Å². The molecule has 132 valence electrons. The SMILES string of the molecule is CCCCOC(=O)c1ccccc1NC(=O)/C(C#N)=C\N1CCCC1. The minimum absolute atomic E-state index is 0.0241. The summed E-state index contributed by atoms with van der Waals surface area (Å²) in [4.78, 5) is 26.5. The molecule has 0 saturated carbocycles. The van der Waals surface area contributed by atoms with Gasteiger partial charge in [0, 0.05) is 19.3 Å². The molecule has 1 aromatic rings. The van der Waals surface area contributed by atoms with Crippen LogP contribution in [0, 0.1) is 11.3 Å². The van der Waals surface area contributed by atoms with Crippen LogP contribution in [0.3, 0.4) is 0 Å². The Morgan fingerprint density at radius 2 is 2.04 bits per heavy atom. The number of nitrogens with zero attached hydrogens (tertiary/aromatic N) is 2. The maximum absolute atomic E-state index is 12.4. The second kappa shape index (κ2) is 9.48. The van der Waals surface area contributed by atoms with Crippen molar-refractivity contribution in [3.63, 3.8) is 0 Å². The zero-order valence-corrected chi connectivity index (χ0v) is 14.5. The van der Waals surface area contributed by atoms with Crippen molar-refractivity contribution in [2.45, 2.75) is 32.6 Å². The van der Waals surface area contributed by atoms with Crippen LogP contribution in [0.5, 0.6) is 0 Å². The first-order valence-corrected chi connectivity index (χ1v) is 8.59. The fourth-order valence-electron chi connectivity index (χ4n) is 2.54. The largest absolute Gasteiger partial charge is 0.462 e. The summed E-state index contributed by atoms with van der Waals surface area (Å²) in [5.41, 5.74) is 0.651. The van der Waals surface area contributed by atoms with E-state index in [0.717, 1.165) is 38.8 Å². The van der Waals surface area contributed by atoms with Crippen LogP contribution in [0.1, 0.15) is 43.0 Å². The average molecular weight is 341 g/mol. The van der Waals surface area contributed by atoms with Gasteiger partial charge in [-0.3, -0.25) is 4.79 Å². The Morgan fingerprint density at radius 1 is 1.32 bits per heavy atom. The third-order valence-corrected chi connectivity index (χ3v) is 3.94. The van der Waals surface area contributed by atoms with Crippen molar-refractivity contribution in [3.05, 3.63) is 41.6 Å². The number of hydrogen-bond acceptors (Lipinski definition) is 5. The summed E-state index contributed by atoms with van der Waals surface area (Å²) >= 11 is 0. The Hall–Kier alpha value is -2.81. The van der Waals surface area contributed by atoms with Gasteiger partial charge in [-0.05, 0) is 31.4 Å². The van der Waals surface area contributed by atoms with Crippen molar-refractivity contribution in [1.29, 1.82) is 5.26 Å². The molecule has 1 N–H and O–H groups in total. The molecule has 0 spiro atoms. The highest BCUT2D eigenvalue weighted by molar-refractivity contribution is 6.09. The van der Waals surface area contributed by atoms with Crippen LogP contribution in [0.25, 0.3) is 0 Å². The minimum atomic E-state index is -0.525. The molecule has 0 bridgehead atoms. The van der Waals surface area contributed by atoms with Crippen LogP contribution in [0.2, 0.25) is 0 Å². The second-order valence-electron chi connectivity index (χ2n) is 5.89. The van der Waals surface area contributed by atoms with Crippen LogP contribution >= 0.6 is 0 Å². The van der Waals surface area contributed by atoms with E-state index in [1.807, 2.05) is 17.9 Å². The number of carbonyl (C=O) groups is 2. The molecule has 2 rings (SSSR count). The van der Waals surface area contributed by atoms with Gasteiger partial charge < -0.3 is 15.0 Å². The molecule has 1 heterocycles. The number of rotatable bonds is 7. The molecule has 0 aliphatic carbocycles. The first-order valence-electron chi connectivity index (χ1n) is 8.59. The molecule has 0 aromatic heterocycles.